The molecule has 42 heavy (non-hydrogen) atoms. The highest BCUT2D eigenvalue weighted by Crippen LogP contribution is 2.41. The fourth-order valence-corrected chi connectivity index (χ4v) is 7.14. The molecule has 9 heteroatoms. The number of aromatic nitrogens is 3. The standard InChI is InChI=1S/C33H39FN6O2/c1-20-30(36-40-18-25(15-28(34)31(20)40)33(42)38-12-4-6-26(35)19-38)29-16-24-5-3-7-27(32(24)39(29)17-22-8-9-22)23-10-13-37(14-11-23)21(2)41/h3,5,7,15-16,18,22-23,26H,4,6,8-14,17,19,35H2,1-2H3. The molecule has 2 aliphatic heterocycles. The topological polar surface area (TPSA) is 88.9 Å². The lowest BCUT2D eigenvalue weighted by Gasteiger charge is -2.32. The molecular formula is C33H39FN6O2. The molecule has 2 N–H and O–H groups in total. The Morgan fingerprint density at radius 2 is 1.81 bits per heavy atom. The first kappa shape index (κ1) is 27.1. The van der Waals surface area contributed by atoms with Gasteiger partial charge in [0.05, 0.1) is 16.8 Å². The molecule has 1 saturated carbocycles. The van der Waals surface area contributed by atoms with Crippen LogP contribution in [0.2, 0.25) is 0 Å². The fourth-order valence-electron chi connectivity index (χ4n) is 7.14. The number of likely N-dealkylation sites (tertiary alicyclic amines) is 2. The SMILES string of the molecule is CC(=O)N1CCC(c2cccc3cc(-c4nn5cc(C(=O)N6CCCC(N)C6)cc(F)c5c4C)n(CC4CC4)c23)CC1. The van der Waals surface area contributed by atoms with Crippen molar-refractivity contribution >= 4 is 28.2 Å². The number of carbonyl (C=O) groups is 2. The van der Waals surface area contributed by atoms with Gasteiger partial charge in [0.15, 0.2) is 0 Å². The van der Waals surface area contributed by atoms with E-state index in [-0.39, 0.29) is 17.9 Å². The first-order chi connectivity index (χ1) is 20.3. The molecular weight excluding hydrogens is 531 g/mol. The van der Waals surface area contributed by atoms with Crippen molar-refractivity contribution in [1.82, 2.24) is 24.0 Å². The summed E-state index contributed by atoms with van der Waals surface area (Å²) in [6, 6.07) is 10.0. The van der Waals surface area contributed by atoms with Crippen LogP contribution >= 0.6 is 0 Å². The van der Waals surface area contributed by atoms with Crippen molar-refractivity contribution in [3.8, 4) is 11.4 Å². The highest BCUT2D eigenvalue weighted by molar-refractivity contribution is 5.95. The van der Waals surface area contributed by atoms with E-state index in [4.69, 9.17) is 10.8 Å². The molecule has 1 atom stereocenters. The van der Waals surface area contributed by atoms with Gasteiger partial charge < -0.3 is 20.1 Å². The first-order valence-corrected chi connectivity index (χ1v) is 15.4. The van der Waals surface area contributed by atoms with Crippen molar-refractivity contribution in [3.05, 3.63) is 59.0 Å². The normalized spacial score (nSPS) is 20.1. The Kier molecular flexibility index (Phi) is 6.80. The van der Waals surface area contributed by atoms with Crippen LogP contribution in [0, 0.1) is 18.7 Å². The largest absolute Gasteiger partial charge is 0.343 e. The van der Waals surface area contributed by atoms with Gasteiger partial charge in [-0.15, -0.1) is 0 Å². The Balaban J connectivity index is 1.31. The van der Waals surface area contributed by atoms with Gasteiger partial charge in [-0.2, -0.15) is 5.10 Å². The highest BCUT2D eigenvalue weighted by Gasteiger charge is 2.30. The molecule has 4 aromatic rings. The molecule has 3 aliphatic rings. The average Bonchev–Trinajstić information content (AvgIpc) is 3.64. The number of halogens is 1. The number of rotatable bonds is 5. The van der Waals surface area contributed by atoms with Gasteiger partial charge in [0.25, 0.3) is 5.91 Å². The maximum atomic E-state index is 15.7. The summed E-state index contributed by atoms with van der Waals surface area (Å²) in [6.45, 7) is 7.15. The molecule has 0 spiro atoms. The van der Waals surface area contributed by atoms with Crippen LogP contribution in [-0.2, 0) is 11.3 Å². The second-order valence-corrected chi connectivity index (χ2v) is 12.6. The van der Waals surface area contributed by atoms with Crippen molar-refractivity contribution in [2.24, 2.45) is 11.7 Å². The summed E-state index contributed by atoms with van der Waals surface area (Å²) >= 11 is 0. The number of nitrogens with two attached hydrogens (primary N) is 1. The second kappa shape index (κ2) is 10.5. The lowest BCUT2D eigenvalue weighted by molar-refractivity contribution is -0.129. The van der Waals surface area contributed by atoms with Crippen LogP contribution in [-0.4, -0.2) is 68.0 Å². The second-order valence-electron chi connectivity index (χ2n) is 12.6. The summed E-state index contributed by atoms with van der Waals surface area (Å²) in [5, 5.41) is 6.08. The maximum absolute atomic E-state index is 15.7. The van der Waals surface area contributed by atoms with E-state index in [9.17, 15) is 9.59 Å². The van der Waals surface area contributed by atoms with Gasteiger partial charge in [-0.05, 0) is 75.0 Å². The van der Waals surface area contributed by atoms with Gasteiger partial charge in [-0.1, -0.05) is 18.2 Å². The Morgan fingerprint density at radius 1 is 1.02 bits per heavy atom. The minimum atomic E-state index is -0.443. The summed E-state index contributed by atoms with van der Waals surface area (Å²) in [5.74, 6) is 0.498. The van der Waals surface area contributed by atoms with Crippen LogP contribution in [0.3, 0.4) is 0 Å². The van der Waals surface area contributed by atoms with Gasteiger partial charge in [0, 0.05) is 62.8 Å². The Hall–Kier alpha value is -3.72. The number of carbonyl (C=O) groups excluding carboxylic acids is 2. The van der Waals surface area contributed by atoms with Crippen LogP contribution in [0.5, 0.6) is 0 Å². The summed E-state index contributed by atoms with van der Waals surface area (Å²) in [6.07, 6.45) is 7.73. The molecule has 1 aliphatic carbocycles. The van der Waals surface area contributed by atoms with Crippen molar-refractivity contribution in [2.75, 3.05) is 26.2 Å². The zero-order valence-corrected chi connectivity index (χ0v) is 24.5. The predicted octanol–water partition coefficient (Wildman–Crippen LogP) is 5.10. The molecule has 7 rings (SSSR count). The van der Waals surface area contributed by atoms with E-state index in [1.165, 1.54) is 30.0 Å². The number of piperidine rings is 2. The Bertz CT molecular complexity index is 1690. The average molecular weight is 571 g/mol. The summed E-state index contributed by atoms with van der Waals surface area (Å²) < 4.78 is 19.6. The number of amides is 2. The summed E-state index contributed by atoms with van der Waals surface area (Å²) in [5.41, 5.74) is 11.8. The number of hydrogen-bond acceptors (Lipinski definition) is 4. The molecule has 1 unspecified atom stereocenters. The lowest BCUT2D eigenvalue weighted by Crippen LogP contribution is -2.45. The number of para-hydroxylation sites is 1. The van der Waals surface area contributed by atoms with E-state index in [1.54, 1.807) is 22.5 Å². The van der Waals surface area contributed by atoms with Crippen molar-refractivity contribution in [3.63, 3.8) is 0 Å². The van der Waals surface area contributed by atoms with Gasteiger partial charge in [0.1, 0.15) is 17.0 Å². The van der Waals surface area contributed by atoms with Gasteiger partial charge in [0.2, 0.25) is 5.91 Å². The fraction of sp³-hybridized carbons (Fsp3) is 0.485. The minimum Gasteiger partial charge on any atom is -0.343 e. The molecule has 5 heterocycles. The van der Waals surface area contributed by atoms with Crippen LogP contribution < -0.4 is 5.73 Å². The summed E-state index contributed by atoms with van der Waals surface area (Å²) in [7, 11) is 0. The molecule has 8 nitrogen and oxygen atoms in total. The molecule has 220 valence electrons. The van der Waals surface area contributed by atoms with Crippen molar-refractivity contribution in [2.45, 2.75) is 70.9 Å². The third kappa shape index (κ3) is 4.77. The van der Waals surface area contributed by atoms with Crippen molar-refractivity contribution in [1.29, 1.82) is 0 Å². The number of hydrogen-bond donors (Lipinski definition) is 1. The third-order valence-electron chi connectivity index (χ3n) is 9.62. The number of pyridine rings is 1. The Labute approximate surface area is 245 Å². The van der Waals surface area contributed by atoms with Gasteiger partial charge in [-0.3, -0.25) is 9.59 Å². The molecule has 0 radical (unpaired) electrons. The van der Waals surface area contributed by atoms with Crippen LogP contribution in [0.25, 0.3) is 27.8 Å². The van der Waals surface area contributed by atoms with E-state index >= 15 is 4.39 Å². The maximum Gasteiger partial charge on any atom is 0.255 e. The molecule has 2 amide bonds. The number of fused-ring (bicyclic) bond motifs is 2. The smallest absolute Gasteiger partial charge is 0.255 e. The van der Waals surface area contributed by atoms with E-state index < -0.39 is 5.82 Å². The van der Waals surface area contributed by atoms with E-state index in [0.717, 1.165) is 67.7 Å². The van der Waals surface area contributed by atoms with Crippen LogP contribution in [0.1, 0.15) is 72.9 Å². The third-order valence-corrected chi connectivity index (χ3v) is 9.62. The van der Waals surface area contributed by atoms with E-state index in [1.807, 2.05) is 11.8 Å². The van der Waals surface area contributed by atoms with Crippen LogP contribution in [0.4, 0.5) is 4.39 Å². The van der Waals surface area contributed by atoms with E-state index in [0.29, 0.717) is 36.0 Å². The summed E-state index contributed by atoms with van der Waals surface area (Å²) in [4.78, 5) is 28.9. The van der Waals surface area contributed by atoms with Crippen LogP contribution in [0.15, 0.2) is 36.5 Å². The number of nitrogens with zero attached hydrogens (tertiary/aromatic N) is 5. The van der Waals surface area contributed by atoms with E-state index in [2.05, 4.69) is 28.8 Å². The monoisotopic (exact) mass is 570 g/mol. The molecule has 3 fully saturated rings. The predicted molar refractivity (Wildman–Crippen MR) is 161 cm³/mol. The lowest BCUT2D eigenvalue weighted by atomic mass is 9.88. The minimum absolute atomic E-state index is 0.0465. The first-order valence-electron chi connectivity index (χ1n) is 15.4. The Morgan fingerprint density at radius 3 is 2.52 bits per heavy atom. The highest BCUT2D eigenvalue weighted by atomic mass is 19.1. The zero-order valence-electron chi connectivity index (χ0n) is 24.5. The number of benzene rings is 1. The molecule has 1 aromatic carbocycles. The van der Waals surface area contributed by atoms with Crippen molar-refractivity contribution < 1.29 is 14.0 Å². The van der Waals surface area contributed by atoms with Gasteiger partial charge in [-0.25, -0.2) is 8.91 Å². The van der Waals surface area contributed by atoms with Gasteiger partial charge >= 0.3 is 0 Å². The zero-order chi connectivity index (χ0) is 29.1. The molecule has 0 bridgehead atoms. The molecule has 3 aromatic heterocycles. The number of aryl methyl sites for hydroxylation is 1. The molecule has 2 saturated heterocycles. The quantitative estimate of drug-likeness (QED) is 0.362.